The Kier molecular flexibility index (Phi) is 4.32. The lowest BCUT2D eigenvalue weighted by Crippen LogP contribution is -2.54. The first-order chi connectivity index (χ1) is 9.04. The Morgan fingerprint density at radius 2 is 1.95 bits per heavy atom. The van der Waals surface area contributed by atoms with E-state index in [1.54, 1.807) is 0 Å². The van der Waals surface area contributed by atoms with Crippen molar-refractivity contribution in [3.05, 3.63) is 0 Å². The summed E-state index contributed by atoms with van der Waals surface area (Å²) >= 11 is 0. The minimum absolute atomic E-state index is 0.0301. The van der Waals surface area contributed by atoms with Crippen LogP contribution in [0.3, 0.4) is 0 Å². The third-order valence-electron chi connectivity index (χ3n) is 4.44. The molecule has 5 nitrogen and oxygen atoms in total. The highest BCUT2D eigenvalue weighted by atomic mass is 16.4. The van der Waals surface area contributed by atoms with E-state index in [1.807, 2.05) is 0 Å². The summed E-state index contributed by atoms with van der Waals surface area (Å²) in [5, 5.41) is 15.0. The fraction of sp³-hybridized carbons (Fsp3) is 0.857. The predicted octanol–water partition coefficient (Wildman–Crippen LogP) is 2.26. The zero-order valence-corrected chi connectivity index (χ0v) is 11.6. The zero-order valence-electron chi connectivity index (χ0n) is 11.6. The first kappa shape index (κ1) is 14.2. The second-order valence-electron chi connectivity index (χ2n) is 6.02. The van der Waals surface area contributed by atoms with E-state index < -0.39 is 11.5 Å². The van der Waals surface area contributed by atoms with E-state index in [2.05, 4.69) is 17.6 Å². The van der Waals surface area contributed by atoms with Gasteiger partial charge >= 0.3 is 12.0 Å². The van der Waals surface area contributed by atoms with Gasteiger partial charge < -0.3 is 15.7 Å². The highest BCUT2D eigenvalue weighted by Gasteiger charge is 2.39. The first-order valence-corrected chi connectivity index (χ1v) is 7.35. The molecule has 3 N–H and O–H groups in total. The lowest BCUT2D eigenvalue weighted by atomic mass is 9.79. The smallest absolute Gasteiger partial charge is 0.315 e. The van der Waals surface area contributed by atoms with Crippen molar-refractivity contribution in [3.8, 4) is 0 Å². The molecule has 2 aliphatic rings. The quantitative estimate of drug-likeness (QED) is 0.715. The molecule has 2 atom stereocenters. The average molecular weight is 268 g/mol. The second kappa shape index (κ2) is 5.80. The Labute approximate surface area is 114 Å². The van der Waals surface area contributed by atoms with Crippen molar-refractivity contribution in [1.29, 1.82) is 0 Å². The first-order valence-electron chi connectivity index (χ1n) is 7.35. The lowest BCUT2D eigenvalue weighted by molar-refractivity contribution is -0.139. The number of carboxylic acid groups (broad SMARTS) is 1. The lowest BCUT2D eigenvalue weighted by Gasteiger charge is -2.37. The number of amides is 2. The van der Waals surface area contributed by atoms with E-state index in [1.165, 1.54) is 0 Å². The molecule has 19 heavy (non-hydrogen) atoms. The number of carboxylic acids is 1. The molecule has 0 aromatic heterocycles. The average Bonchev–Trinajstić information content (AvgIpc) is 3.06. The minimum Gasteiger partial charge on any atom is -0.481 e. The number of carbonyl (C=O) groups is 2. The van der Waals surface area contributed by atoms with Gasteiger partial charge in [0.25, 0.3) is 0 Å². The Balaban J connectivity index is 1.88. The van der Waals surface area contributed by atoms with Crippen molar-refractivity contribution in [3.63, 3.8) is 0 Å². The van der Waals surface area contributed by atoms with E-state index in [9.17, 15) is 9.59 Å². The number of rotatable bonds is 5. The zero-order chi connectivity index (χ0) is 13.9. The summed E-state index contributed by atoms with van der Waals surface area (Å²) in [4.78, 5) is 23.0. The van der Waals surface area contributed by atoms with Crippen molar-refractivity contribution in [1.82, 2.24) is 10.6 Å². The Bertz CT molecular complexity index is 351. The van der Waals surface area contributed by atoms with Gasteiger partial charge in [0, 0.05) is 6.04 Å². The van der Waals surface area contributed by atoms with Crippen molar-refractivity contribution in [2.24, 2.45) is 5.92 Å². The van der Waals surface area contributed by atoms with Gasteiger partial charge in [-0.15, -0.1) is 0 Å². The van der Waals surface area contributed by atoms with E-state index in [0.717, 1.165) is 44.9 Å². The molecule has 2 fully saturated rings. The molecular formula is C14H24N2O3. The molecule has 108 valence electrons. The number of urea groups is 1. The molecule has 0 spiro atoms. The van der Waals surface area contributed by atoms with E-state index in [0.29, 0.717) is 5.92 Å². The van der Waals surface area contributed by atoms with Crippen LogP contribution >= 0.6 is 0 Å². The number of hydrogen-bond donors (Lipinski definition) is 3. The van der Waals surface area contributed by atoms with Gasteiger partial charge in [-0.05, 0) is 25.2 Å². The molecule has 2 unspecified atom stereocenters. The molecule has 0 aliphatic heterocycles. The largest absolute Gasteiger partial charge is 0.481 e. The van der Waals surface area contributed by atoms with Crippen LogP contribution in [0.2, 0.25) is 0 Å². The molecule has 0 aromatic carbocycles. The summed E-state index contributed by atoms with van der Waals surface area (Å²) in [6.45, 7) is 2.12. The molecule has 0 saturated heterocycles. The summed E-state index contributed by atoms with van der Waals surface area (Å²) < 4.78 is 0. The van der Waals surface area contributed by atoms with Crippen LogP contribution < -0.4 is 10.6 Å². The topological polar surface area (TPSA) is 78.4 Å². The van der Waals surface area contributed by atoms with Crippen LogP contribution in [0.1, 0.15) is 58.3 Å². The molecule has 2 aliphatic carbocycles. The Hall–Kier alpha value is -1.26. The molecule has 0 aromatic rings. The number of carbonyl (C=O) groups excluding carboxylic acids is 1. The monoisotopic (exact) mass is 268 g/mol. The third-order valence-corrected chi connectivity index (χ3v) is 4.44. The van der Waals surface area contributed by atoms with Gasteiger partial charge in [-0.25, -0.2) is 4.79 Å². The molecular weight excluding hydrogens is 244 g/mol. The van der Waals surface area contributed by atoms with E-state index in [-0.39, 0.29) is 18.5 Å². The Morgan fingerprint density at radius 1 is 1.26 bits per heavy atom. The SMILES string of the molecule is CCC1CC1NC(=O)NC1(CC(=O)O)CCCCC1. The second-order valence-corrected chi connectivity index (χ2v) is 6.02. The van der Waals surface area contributed by atoms with Crippen molar-refractivity contribution in [2.75, 3.05) is 0 Å². The summed E-state index contributed by atoms with van der Waals surface area (Å²) in [7, 11) is 0. The van der Waals surface area contributed by atoms with Gasteiger partial charge in [0.1, 0.15) is 0 Å². The molecule has 0 bridgehead atoms. The van der Waals surface area contributed by atoms with Gasteiger partial charge in [0.15, 0.2) is 0 Å². The Morgan fingerprint density at radius 3 is 2.47 bits per heavy atom. The van der Waals surface area contributed by atoms with Crippen LogP contribution in [0.4, 0.5) is 4.79 Å². The fourth-order valence-corrected chi connectivity index (χ4v) is 3.18. The number of hydrogen-bond acceptors (Lipinski definition) is 2. The van der Waals surface area contributed by atoms with Crippen LogP contribution in [0, 0.1) is 5.92 Å². The molecule has 5 heteroatoms. The summed E-state index contributed by atoms with van der Waals surface area (Å²) in [5.41, 5.74) is -0.537. The van der Waals surface area contributed by atoms with Crippen LogP contribution in [0.25, 0.3) is 0 Å². The third kappa shape index (κ3) is 3.85. The van der Waals surface area contributed by atoms with Crippen molar-refractivity contribution < 1.29 is 14.7 Å². The molecule has 2 amide bonds. The standard InChI is InChI=1S/C14H24N2O3/c1-2-10-8-11(10)15-13(19)16-14(9-12(17)18)6-4-3-5-7-14/h10-11H,2-9H2,1H3,(H,17,18)(H2,15,16,19). The van der Waals surface area contributed by atoms with Gasteiger partial charge in [0.05, 0.1) is 12.0 Å². The molecule has 2 rings (SSSR count). The predicted molar refractivity (Wildman–Crippen MR) is 71.9 cm³/mol. The number of aliphatic carboxylic acids is 1. The van der Waals surface area contributed by atoms with Crippen molar-refractivity contribution >= 4 is 12.0 Å². The molecule has 0 heterocycles. The minimum atomic E-state index is -0.833. The maximum Gasteiger partial charge on any atom is 0.315 e. The van der Waals surface area contributed by atoms with E-state index >= 15 is 0 Å². The summed E-state index contributed by atoms with van der Waals surface area (Å²) in [6, 6.07) is 0.0968. The van der Waals surface area contributed by atoms with Crippen LogP contribution in [0.15, 0.2) is 0 Å². The van der Waals surface area contributed by atoms with Crippen LogP contribution in [-0.2, 0) is 4.79 Å². The highest BCUT2D eigenvalue weighted by molar-refractivity contribution is 5.77. The maximum atomic E-state index is 12.0. The fourth-order valence-electron chi connectivity index (χ4n) is 3.18. The van der Waals surface area contributed by atoms with Crippen LogP contribution in [-0.4, -0.2) is 28.7 Å². The molecule has 0 radical (unpaired) electrons. The number of nitrogens with one attached hydrogen (secondary N) is 2. The molecule has 2 saturated carbocycles. The maximum absolute atomic E-state index is 12.0. The normalized spacial score (nSPS) is 28.5. The van der Waals surface area contributed by atoms with Crippen molar-refractivity contribution in [2.45, 2.75) is 69.9 Å². The van der Waals surface area contributed by atoms with Gasteiger partial charge in [0.2, 0.25) is 0 Å². The van der Waals surface area contributed by atoms with E-state index in [4.69, 9.17) is 5.11 Å². The van der Waals surface area contributed by atoms with Gasteiger partial charge in [-0.2, -0.15) is 0 Å². The van der Waals surface area contributed by atoms with Gasteiger partial charge in [-0.1, -0.05) is 32.6 Å². The summed E-state index contributed by atoms with van der Waals surface area (Å²) in [6.07, 6.45) is 6.83. The highest BCUT2D eigenvalue weighted by Crippen LogP contribution is 2.34. The van der Waals surface area contributed by atoms with Gasteiger partial charge in [-0.3, -0.25) is 4.79 Å². The van der Waals surface area contributed by atoms with Crippen LogP contribution in [0.5, 0.6) is 0 Å². The summed E-state index contributed by atoms with van der Waals surface area (Å²) in [5.74, 6) is -0.229.